The van der Waals surface area contributed by atoms with Crippen molar-refractivity contribution in [1.82, 2.24) is 25.5 Å². The van der Waals surface area contributed by atoms with Crippen LogP contribution >= 0.6 is 0 Å². The standard InChI is InChI=1S/C22H27F2N5O/c1-13(2)7-21-26-9-15-5-6-29(12-20(15)27-21)22(30)28-19-11-25-10-16(19)14-3-4-17(23)18(24)8-14/h3-4,8-9,13,16,19,25H,5-7,10-12H2,1-2H3,(H,28,30)/t16-,19+/m0/s1. The van der Waals surface area contributed by atoms with Crippen LogP contribution in [0.1, 0.15) is 42.4 Å². The molecule has 2 aliphatic heterocycles. The topological polar surface area (TPSA) is 70.2 Å². The lowest BCUT2D eigenvalue weighted by molar-refractivity contribution is 0.187. The average Bonchev–Trinajstić information content (AvgIpc) is 3.17. The summed E-state index contributed by atoms with van der Waals surface area (Å²) < 4.78 is 26.9. The van der Waals surface area contributed by atoms with Gasteiger partial charge in [0.15, 0.2) is 11.6 Å². The first-order chi connectivity index (χ1) is 14.4. The van der Waals surface area contributed by atoms with Crippen molar-refractivity contribution in [2.45, 2.75) is 45.2 Å². The zero-order chi connectivity index (χ0) is 21.3. The van der Waals surface area contributed by atoms with E-state index in [-0.39, 0.29) is 18.0 Å². The monoisotopic (exact) mass is 415 g/mol. The van der Waals surface area contributed by atoms with Gasteiger partial charge in [0.1, 0.15) is 5.82 Å². The molecule has 2 aromatic rings. The van der Waals surface area contributed by atoms with E-state index in [9.17, 15) is 13.6 Å². The van der Waals surface area contributed by atoms with Gasteiger partial charge in [0, 0.05) is 38.2 Å². The summed E-state index contributed by atoms with van der Waals surface area (Å²) in [4.78, 5) is 23.8. The van der Waals surface area contributed by atoms with Gasteiger partial charge in [-0.2, -0.15) is 0 Å². The van der Waals surface area contributed by atoms with Crippen LogP contribution in [-0.2, 0) is 19.4 Å². The fourth-order valence-corrected chi connectivity index (χ4v) is 4.15. The van der Waals surface area contributed by atoms with Gasteiger partial charge >= 0.3 is 6.03 Å². The van der Waals surface area contributed by atoms with E-state index in [4.69, 9.17) is 0 Å². The second-order valence-corrected chi connectivity index (χ2v) is 8.52. The van der Waals surface area contributed by atoms with Gasteiger partial charge in [-0.1, -0.05) is 19.9 Å². The van der Waals surface area contributed by atoms with Crippen molar-refractivity contribution in [3.8, 4) is 0 Å². The van der Waals surface area contributed by atoms with Crippen LogP contribution in [0.3, 0.4) is 0 Å². The number of urea groups is 1. The molecular formula is C22H27F2N5O. The highest BCUT2D eigenvalue weighted by Crippen LogP contribution is 2.25. The smallest absolute Gasteiger partial charge is 0.318 e. The molecule has 0 unspecified atom stereocenters. The third-order valence-electron chi connectivity index (χ3n) is 5.77. The van der Waals surface area contributed by atoms with Crippen molar-refractivity contribution in [1.29, 1.82) is 0 Å². The van der Waals surface area contributed by atoms with E-state index >= 15 is 0 Å². The Morgan fingerprint density at radius 3 is 2.90 bits per heavy atom. The molecule has 0 saturated carbocycles. The van der Waals surface area contributed by atoms with Crippen LogP contribution in [0.5, 0.6) is 0 Å². The Morgan fingerprint density at radius 2 is 2.13 bits per heavy atom. The highest BCUT2D eigenvalue weighted by molar-refractivity contribution is 5.75. The van der Waals surface area contributed by atoms with E-state index in [0.29, 0.717) is 37.7 Å². The number of carbonyl (C=O) groups is 1. The zero-order valence-corrected chi connectivity index (χ0v) is 17.3. The molecule has 1 aromatic heterocycles. The van der Waals surface area contributed by atoms with Gasteiger partial charge in [0.25, 0.3) is 0 Å². The number of rotatable bonds is 4. The van der Waals surface area contributed by atoms with E-state index < -0.39 is 11.6 Å². The fraction of sp³-hybridized carbons (Fsp3) is 0.500. The minimum atomic E-state index is -0.867. The van der Waals surface area contributed by atoms with Crippen LogP contribution < -0.4 is 10.6 Å². The van der Waals surface area contributed by atoms with Crippen molar-refractivity contribution in [3.63, 3.8) is 0 Å². The number of carbonyl (C=O) groups excluding carboxylic acids is 1. The Hall–Kier alpha value is -2.61. The molecule has 0 radical (unpaired) electrons. The summed E-state index contributed by atoms with van der Waals surface area (Å²) in [5.74, 6) is -0.565. The number of fused-ring (bicyclic) bond motifs is 1. The number of hydrogen-bond acceptors (Lipinski definition) is 4. The molecule has 160 valence electrons. The van der Waals surface area contributed by atoms with Gasteiger partial charge in [0.2, 0.25) is 0 Å². The Labute approximate surface area is 175 Å². The quantitative estimate of drug-likeness (QED) is 0.806. The molecule has 6 nitrogen and oxygen atoms in total. The number of aromatic nitrogens is 2. The van der Waals surface area contributed by atoms with E-state index in [2.05, 4.69) is 34.4 Å². The molecule has 1 saturated heterocycles. The second kappa shape index (κ2) is 8.63. The second-order valence-electron chi connectivity index (χ2n) is 8.52. The molecule has 0 spiro atoms. The van der Waals surface area contributed by atoms with Gasteiger partial charge in [-0.25, -0.2) is 23.5 Å². The summed E-state index contributed by atoms with van der Waals surface area (Å²) in [6.45, 7) is 6.49. The normalized spacial score (nSPS) is 21.0. The fourth-order valence-electron chi connectivity index (χ4n) is 4.15. The van der Waals surface area contributed by atoms with Crippen LogP contribution in [0.15, 0.2) is 24.4 Å². The molecule has 0 aliphatic carbocycles. The number of benzene rings is 1. The zero-order valence-electron chi connectivity index (χ0n) is 17.3. The Kier molecular flexibility index (Phi) is 5.94. The molecular weight excluding hydrogens is 388 g/mol. The molecule has 2 aliphatic rings. The van der Waals surface area contributed by atoms with Gasteiger partial charge in [0.05, 0.1) is 18.3 Å². The first-order valence-electron chi connectivity index (χ1n) is 10.5. The van der Waals surface area contributed by atoms with Crippen LogP contribution in [0.2, 0.25) is 0 Å². The molecule has 2 atom stereocenters. The summed E-state index contributed by atoms with van der Waals surface area (Å²) in [7, 11) is 0. The van der Waals surface area contributed by atoms with Crippen molar-refractivity contribution in [2.24, 2.45) is 5.92 Å². The lowest BCUT2D eigenvalue weighted by Gasteiger charge is -2.30. The molecule has 0 bridgehead atoms. The molecule has 4 rings (SSSR count). The van der Waals surface area contributed by atoms with E-state index in [0.717, 1.165) is 36.0 Å². The summed E-state index contributed by atoms with van der Waals surface area (Å²) in [6, 6.07) is 3.59. The molecule has 2 amide bonds. The summed E-state index contributed by atoms with van der Waals surface area (Å²) in [5.41, 5.74) is 2.68. The van der Waals surface area contributed by atoms with Gasteiger partial charge in [-0.3, -0.25) is 0 Å². The molecule has 8 heteroatoms. The highest BCUT2D eigenvalue weighted by Gasteiger charge is 2.32. The van der Waals surface area contributed by atoms with Crippen molar-refractivity contribution in [3.05, 3.63) is 58.7 Å². The number of halogens is 2. The predicted molar refractivity (Wildman–Crippen MR) is 109 cm³/mol. The SMILES string of the molecule is CC(C)Cc1ncc2c(n1)CN(C(=O)N[C@@H]1CNC[C@H]1c1ccc(F)c(F)c1)CC2. The first-order valence-corrected chi connectivity index (χ1v) is 10.5. The lowest BCUT2D eigenvalue weighted by Crippen LogP contribution is -2.48. The third kappa shape index (κ3) is 4.43. The summed E-state index contributed by atoms with van der Waals surface area (Å²) >= 11 is 0. The Morgan fingerprint density at radius 1 is 1.30 bits per heavy atom. The van der Waals surface area contributed by atoms with Gasteiger partial charge in [-0.15, -0.1) is 0 Å². The number of nitrogens with one attached hydrogen (secondary N) is 2. The average molecular weight is 415 g/mol. The molecule has 1 aromatic carbocycles. The minimum Gasteiger partial charge on any atom is -0.333 e. The third-order valence-corrected chi connectivity index (χ3v) is 5.77. The van der Waals surface area contributed by atoms with Crippen molar-refractivity contribution in [2.75, 3.05) is 19.6 Å². The van der Waals surface area contributed by atoms with Crippen LogP contribution in [0, 0.1) is 17.6 Å². The minimum absolute atomic E-state index is 0.110. The van der Waals surface area contributed by atoms with E-state index in [1.807, 2.05) is 6.20 Å². The predicted octanol–water partition coefficient (Wildman–Crippen LogP) is 2.78. The first kappa shape index (κ1) is 20.7. The van der Waals surface area contributed by atoms with Crippen LogP contribution in [-0.4, -0.2) is 46.6 Å². The molecule has 30 heavy (non-hydrogen) atoms. The summed E-state index contributed by atoms with van der Waals surface area (Å²) in [6.07, 6.45) is 3.42. The summed E-state index contributed by atoms with van der Waals surface area (Å²) in [5, 5.41) is 6.31. The Balaban J connectivity index is 1.43. The Bertz CT molecular complexity index is 936. The van der Waals surface area contributed by atoms with Crippen LogP contribution in [0.4, 0.5) is 13.6 Å². The van der Waals surface area contributed by atoms with Crippen molar-refractivity contribution >= 4 is 6.03 Å². The number of hydrogen-bond donors (Lipinski definition) is 2. The maximum Gasteiger partial charge on any atom is 0.318 e. The maximum absolute atomic E-state index is 13.7. The largest absolute Gasteiger partial charge is 0.333 e. The number of amides is 2. The van der Waals surface area contributed by atoms with Gasteiger partial charge in [-0.05, 0) is 35.6 Å². The van der Waals surface area contributed by atoms with E-state index in [1.165, 1.54) is 6.07 Å². The van der Waals surface area contributed by atoms with E-state index in [1.54, 1.807) is 11.0 Å². The number of nitrogens with zero attached hydrogens (tertiary/aromatic N) is 3. The van der Waals surface area contributed by atoms with Gasteiger partial charge < -0.3 is 15.5 Å². The van der Waals surface area contributed by atoms with Crippen LogP contribution in [0.25, 0.3) is 0 Å². The molecule has 1 fully saturated rings. The highest BCUT2D eigenvalue weighted by atomic mass is 19.2. The molecule has 3 heterocycles. The molecule has 2 N–H and O–H groups in total. The lowest BCUT2D eigenvalue weighted by atomic mass is 9.94. The van der Waals surface area contributed by atoms with Crippen molar-refractivity contribution < 1.29 is 13.6 Å². The maximum atomic E-state index is 13.7.